The Morgan fingerprint density at radius 2 is 2.38 bits per heavy atom. The summed E-state index contributed by atoms with van der Waals surface area (Å²) >= 11 is 3.50. The third-order valence-corrected chi connectivity index (χ3v) is 5.67. The van der Waals surface area contributed by atoms with Gasteiger partial charge in [-0.1, -0.05) is 0 Å². The van der Waals surface area contributed by atoms with Crippen LogP contribution in [0.2, 0.25) is 0 Å². The second-order valence-corrected chi connectivity index (χ2v) is 7.62. The fourth-order valence-electron chi connectivity index (χ4n) is 2.65. The molecular weight excluding hydrogens is 344 g/mol. The predicted molar refractivity (Wildman–Crippen MR) is 95.7 cm³/mol. The van der Waals surface area contributed by atoms with Crippen LogP contribution in [0.4, 0.5) is 0 Å². The average molecular weight is 364 g/mol. The second-order valence-electron chi connectivity index (χ2n) is 5.73. The van der Waals surface area contributed by atoms with Crippen molar-refractivity contribution in [1.82, 2.24) is 10.2 Å². The summed E-state index contributed by atoms with van der Waals surface area (Å²) < 4.78 is 5.27. The van der Waals surface area contributed by atoms with E-state index in [1.165, 1.54) is 5.56 Å². The van der Waals surface area contributed by atoms with E-state index < -0.39 is 0 Å². The zero-order chi connectivity index (χ0) is 16.8. The summed E-state index contributed by atoms with van der Waals surface area (Å²) in [5, 5.41) is 7.16. The van der Waals surface area contributed by atoms with Gasteiger partial charge in [0.1, 0.15) is 5.76 Å². The number of hydrogen-bond acceptors (Lipinski definition) is 5. The first-order valence-corrected chi connectivity index (χ1v) is 9.99. The number of rotatable bonds is 8. The van der Waals surface area contributed by atoms with E-state index in [2.05, 4.69) is 22.1 Å². The molecule has 3 heterocycles. The number of carbonyl (C=O) groups is 2. The van der Waals surface area contributed by atoms with Gasteiger partial charge >= 0.3 is 0 Å². The maximum absolute atomic E-state index is 12.2. The molecule has 1 N–H and O–H groups in total. The van der Waals surface area contributed by atoms with Gasteiger partial charge in [-0.25, -0.2) is 0 Å². The van der Waals surface area contributed by atoms with Crippen LogP contribution in [0, 0.1) is 5.92 Å². The average Bonchev–Trinajstić information content (AvgIpc) is 3.31. The van der Waals surface area contributed by atoms with Crippen molar-refractivity contribution in [3.05, 3.63) is 46.5 Å². The van der Waals surface area contributed by atoms with Gasteiger partial charge in [0.2, 0.25) is 11.8 Å². The van der Waals surface area contributed by atoms with E-state index in [1.807, 2.05) is 6.07 Å². The van der Waals surface area contributed by atoms with E-state index in [0.717, 1.165) is 17.3 Å². The molecule has 7 heteroatoms. The molecule has 24 heavy (non-hydrogen) atoms. The first-order chi connectivity index (χ1) is 11.7. The maximum Gasteiger partial charge on any atom is 0.225 e. The number of furan rings is 1. The van der Waals surface area contributed by atoms with Crippen LogP contribution in [-0.4, -0.2) is 35.6 Å². The highest BCUT2D eigenvalue weighted by Gasteiger charge is 2.34. The van der Waals surface area contributed by atoms with Crippen LogP contribution in [0.5, 0.6) is 0 Å². The maximum atomic E-state index is 12.2. The molecule has 1 aliphatic rings. The smallest absolute Gasteiger partial charge is 0.225 e. The highest BCUT2D eigenvalue weighted by atomic mass is 32.2. The van der Waals surface area contributed by atoms with Crippen LogP contribution in [-0.2, 0) is 21.9 Å². The van der Waals surface area contributed by atoms with Gasteiger partial charge in [0.05, 0.1) is 18.7 Å². The van der Waals surface area contributed by atoms with Crippen molar-refractivity contribution in [2.45, 2.75) is 18.7 Å². The standard InChI is InChI=1S/C17H20N2O3S2/c20-16-8-14(9-19(16)10-15-2-1-5-22-15)17(21)18-4-7-24-12-13-3-6-23-11-13/h1-3,5-6,11,14H,4,7-10,12H2,(H,18,21). The first kappa shape index (κ1) is 17.1. The van der Waals surface area contributed by atoms with E-state index in [4.69, 9.17) is 4.42 Å². The summed E-state index contributed by atoms with van der Waals surface area (Å²) in [5.41, 5.74) is 1.33. The number of thioether (sulfide) groups is 1. The van der Waals surface area contributed by atoms with Crippen LogP contribution in [0.25, 0.3) is 0 Å². The fourth-order valence-corrected chi connectivity index (χ4v) is 4.23. The van der Waals surface area contributed by atoms with E-state index in [9.17, 15) is 9.59 Å². The van der Waals surface area contributed by atoms with E-state index >= 15 is 0 Å². The summed E-state index contributed by atoms with van der Waals surface area (Å²) in [7, 11) is 0. The highest BCUT2D eigenvalue weighted by Crippen LogP contribution is 2.20. The van der Waals surface area contributed by atoms with Crippen molar-refractivity contribution in [2.75, 3.05) is 18.8 Å². The van der Waals surface area contributed by atoms with Crippen molar-refractivity contribution >= 4 is 34.9 Å². The Hall–Kier alpha value is -1.73. The van der Waals surface area contributed by atoms with Crippen molar-refractivity contribution in [3.63, 3.8) is 0 Å². The molecule has 2 amide bonds. The molecule has 5 nitrogen and oxygen atoms in total. The molecule has 0 aliphatic carbocycles. The SMILES string of the molecule is O=C(NCCSCc1ccsc1)C1CC(=O)N(Cc2ccco2)C1. The number of thiophene rings is 1. The van der Waals surface area contributed by atoms with E-state index in [-0.39, 0.29) is 24.2 Å². The summed E-state index contributed by atoms with van der Waals surface area (Å²) in [5.74, 6) is 2.32. The minimum atomic E-state index is -0.255. The minimum Gasteiger partial charge on any atom is -0.467 e. The third-order valence-electron chi connectivity index (χ3n) is 3.91. The Bertz CT molecular complexity index is 655. The van der Waals surface area contributed by atoms with Gasteiger partial charge in [-0.3, -0.25) is 9.59 Å². The molecule has 2 aromatic heterocycles. The molecule has 0 bridgehead atoms. The van der Waals surface area contributed by atoms with Crippen LogP contribution < -0.4 is 5.32 Å². The molecule has 3 rings (SSSR count). The highest BCUT2D eigenvalue weighted by molar-refractivity contribution is 7.98. The monoisotopic (exact) mass is 364 g/mol. The van der Waals surface area contributed by atoms with E-state index in [0.29, 0.717) is 19.6 Å². The van der Waals surface area contributed by atoms with Gasteiger partial charge in [-0.05, 0) is 34.5 Å². The number of likely N-dealkylation sites (tertiary alicyclic amines) is 1. The molecule has 1 saturated heterocycles. The summed E-state index contributed by atoms with van der Waals surface area (Å²) in [6.45, 7) is 1.54. The Balaban J connectivity index is 1.35. The molecular formula is C17H20N2O3S2. The van der Waals surface area contributed by atoms with Crippen molar-refractivity contribution in [2.24, 2.45) is 5.92 Å². The van der Waals surface area contributed by atoms with Crippen molar-refractivity contribution in [3.8, 4) is 0 Å². The normalized spacial score (nSPS) is 17.4. The van der Waals surface area contributed by atoms with Crippen LogP contribution in [0.1, 0.15) is 17.7 Å². The summed E-state index contributed by atoms with van der Waals surface area (Å²) in [6, 6.07) is 5.76. The van der Waals surface area contributed by atoms with Gasteiger partial charge < -0.3 is 14.6 Å². The molecule has 1 fully saturated rings. The predicted octanol–water partition coefficient (Wildman–Crippen LogP) is 2.74. The molecule has 1 unspecified atom stereocenters. The van der Waals surface area contributed by atoms with Crippen molar-refractivity contribution < 1.29 is 14.0 Å². The Morgan fingerprint density at radius 1 is 1.46 bits per heavy atom. The quantitative estimate of drug-likeness (QED) is 0.732. The third kappa shape index (κ3) is 4.64. The number of amides is 2. The van der Waals surface area contributed by atoms with Gasteiger partial charge in [-0.15, -0.1) is 0 Å². The molecule has 128 valence electrons. The molecule has 2 aromatic rings. The number of carbonyl (C=O) groups excluding carboxylic acids is 2. The fraction of sp³-hybridized carbons (Fsp3) is 0.412. The lowest BCUT2D eigenvalue weighted by molar-refractivity contribution is -0.129. The summed E-state index contributed by atoms with van der Waals surface area (Å²) in [6.07, 6.45) is 1.88. The van der Waals surface area contributed by atoms with Gasteiger partial charge in [0.25, 0.3) is 0 Å². The topological polar surface area (TPSA) is 62.6 Å². The zero-order valence-corrected chi connectivity index (χ0v) is 14.9. The summed E-state index contributed by atoms with van der Waals surface area (Å²) in [4.78, 5) is 25.9. The lowest BCUT2D eigenvalue weighted by atomic mass is 10.1. The van der Waals surface area contributed by atoms with Crippen LogP contribution in [0.3, 0.4) is 0 Å². The minimum absolute atomic E-state index is 0.0124. The number of hydrogen-bond donors (Lipinski definition) is 1. The number of nitrogens with zero attached hydrogens (tertiary/aromatic N) is 1. The van der Waals surface area contributed by atoms with Crippen molar-refractivity contribution in [1.29, 1.82) is 0 Å². The Kier molecular flexibility index (Phi) is 5.98. The molecule has 0 radical (unpaired) electrons. The van der Waals surface area contributed by atoms with E-state index in [1.54, 1.807) is 40.3 Å². The number of nitrogens with one attached hydrogen (secondary N) is 1. The zero-order valence-electron chi connectivity index (χ0n) is 13.3. The Labute approximate surface area is 149 Å². The van der Waals surface area contributed by atoms with Gasteiger partial charge in [-0.2, -0.15) is 23.1 Å². The Morgan fingerprint density at radius 3 is 3.12 bits per heavy atom. The van der Waals surface area contributed by atoms with Gasteiger partial charge in [0.15, 0.2) is 0 Å². The molecule has 0 spiro atoms. The molecule has 0 aromatic carbocycles. The van der Waals surface area contributed by atoms with Crippen LogP contribution >= 0.6 is 23.1 Å². The van der Waals surface area contributed by atoms with Crippen LogP contribution in [0.15, 0.2) is 39.6 Å². The lowest BCUT2D eigenvalue weighted by Gasteiger charge is -2.15. The molecule has 1 atom stereocenters. The van der Waals surface area contributed by atoms with Gasteiger partial charge in [0, 0.05) is 31.0 Å². The lowest BCUT2D eigenvalue weighted by Crippen LogP contribution is -2.34. The molecule has 0 saturated carbocycles. The second kappa shape index (κ2) is 8.39. The molecule has 1 aliphatic heterocycles. The first-order valence-electron chi connectivity index (χ1n) is 7.89. The largest absolute Gasteiger partial charge is 0.467 e.